The summed E-state index contributed by atoms with van der Waals surface area (Å²) in [5.41, 5.74) is 6.04. The molecule has 0 fully saturated rings. The van der Waals surface area contributed by atoms with E-state index in [4.69, 9.17) is 9.47 Å². The van der Waals surface area contributed by atoms with Crippen molar-refractivity contribution in [1.82, 2.24) is 0 Å². The van der Waals surface area contributed by atoms with E-state index < -0.39 is 44.1 Å². The minimum atomic E-state index is -3.98. The maximum Gasteiger partial charge on any atom is 0.307 e. The second-order valence-corrected chi connectivity index (χ2v) is 16.1. The van der Waals surface area contributed by atoms with Crippen molar-refractivity contribution >= 4 is 21.8 Å². The van der Waals surface area contributed by atoms with Gasteiger partial charge in [0.25, 0.3) is 0 Å². The smallest absolute Gasteiger partial charge is 0.307 e. The number of carbonyl (C=O) groups is 2. The van der Waals surface area contributed by atoms with Crippen molar-refractivity contribution < 1.29 is 37.7 Å². The van der Waals surface area contributed by atoms with Gasteiger partial charge in [-0.3, -0.25) is 9.59 Å². The first-order valence-electron chi connectivity index (χ1n) is 15.9. The molecular formula is C36H54O8S. The Bertz CT molecular complexity index is 1380. The topological polar surface area (TPSA) is 127 Å². The molecule has 2 aromatic rings. The molecule has 0 bridgehead atoms. The Kier molecular flexibility index (Phi) is 13.1. The minimum Gasteiger partial charge on any atom is -0.507 e. The number of esters is 2. The predicted octanol–water partition coefficient (Wildman–Crippen LogP) is 7.61. The van der Waals surface area contributed by atoms with E-state index in [2.05, 4.69) is 0 Å². The second kappa shape index (κ2) is 15.5. The van der Waals surface area contributed by atoms with E-state index in [1.54, 1.807) is 41.5 Å². The van der Waals surface area contributed by atoms with Crippen LogP contribution in [0.25, 0.3) is 0 Å². The number of rotatable bonds is 14. The largest absolute Gasteiger partial charge is 0.507 e. The molecule has 2 N–H and O–H groups in total. The molecule has 0 aliphatic heterocycles. The summed E-state index contributed by atoms with van der Waals surface area (Å²) >= 11 is 0. The maximum atomic E-state index is 14.0. The molecule has 0 saturated heterocycles. The molecule has 9 heteroatoms. The highest BCUT2D eigenvalue weighted by Crippen LogP contribution is 2.35. The van der Waals surface area contributed by atoms with Crippen LogP contribution in [0.3, 0.4) is 0 Å². The Balaban J connectivity index is 2.19. The van der Waals surface area contributed by atoms with Gasteiger partial charge in [0.1, 0.15) is 24.7 Å². The van der Waals surface area contributed by atoms with E-state index in [9.17, 15) is 28.2 Å². The third-order valence-electron chi connectivity index (χ3n) is 8.92. The zero-order valence-electron chi connectivity index (χ0n) is 29.2. The van der Waals surface area contributed by atoms with Gasteiger partial charge in [-0.15, -0.1) is 0 Å². The van der Waals surface area contributed by atoms with Gasteiger partial charge in [0, 0.05) is 0 Å². The summed E-state index contributed by atoms with van der Waals surface area (Å²) < 4.78 is 39.0. The van der Waals surface area contributed by atoms with Crippen LogP contribution in [0.2, 0.25) is 0 Å². The standard InChI is InChI=1S/C36H54O8S/c1-19(2)27-13-23(9)29(25(11)35(27)39)17-43-33(37)15-31(21(5)6)45(41,42)32(22(7)8)16-34(38)44-18-30-24(10)14-28(20(3)4)36(40)26(30)12/h13-14,19-22,31-32,39-40H,15-18H2,1-12H3. The molecular weight excluding hydrogens is 592 g/mol. The highest BCUT2D eigenvalue weighted by Gasteiger charge is 2.40. The van der Waals surface area contributed by atoms with Crippen LogP contribution in [-0.2, 0) is 42.1 Å². The average Bonchev–Trinajstić information content (AvgIpc) is 2.93. The van der Waals surface area contributed by atoms with Gasteiger partial charge in [0.05, 0.1) is 23.3 Å². The summed E-state index contributed by atoms with van der Waals surface area (Å²) in [5.74, 6) is -1.55. The first-order chi connectivity index (χ1) is 20.7. The van der Waals surface area contributed by atoms with Gasteiger partial charge in [0.15, 0.2) is 9.84 Å². The number of aromatic hydroxyl groups is 2. The van der Waals surface area contributed by atoms with Crippen molar-refractivity contribution in [3.05, 3.63) is 56.6 Å². The fourth-order valence-corrected chi connectivity index (χ4v) is 8.55. The Hall–Kier alpha value is -3.07. The van der Waals surface area contributed by atoms with Crippen LogP contribution in [0.15, 0.2) is 12.1 Å². The van der Waals surface area contributed by atoms with E-state index in [0.717, 1.165) is 22.3 Å². The lowest BCUT2D eigenvalue weighted by atomic mass is 9.93. The number of hydrogen-bond donors (Lipinski definition) is 2. The Morgan fingerprint density at radius 2 is 0.956 bits per heavy atom. The van der Waals surface area contributed by atoms with Crippen molar-refractivity contribution in [3.63, 3.8) is 0 Å². The van der Waals surface area contributed by atoms with Gasteiger partial charge in [-0.05, 0) is 95.9 Å². The fourth-order valence-electron chi connectivity index (χ4n) is 5.85. The molecule has 0 heterocycles. The molecule has 0 aliphatic carbocycles. The predicted molar refractivity (Wildman–Crippen MR) is 178 cm³/mol. The van der Waals surface area contributed by atoms with E-state index in [1.165, 1.54) is 0 Å². The highest BCUT2D eigenvalue weighted by molar-refractivity contribution is 7.92. The van der Waals surface area contributed by atoms with Gasteiger partial charge in [-0.2, -0.15) is 0 Å². The van der Waals surface area contributed by atoms with Gasteiger partial charge in [0.2, 0.25) is 0 Å². The van der Waals surface area contributed by atoms with Crippen LogP contribution in [0.1, 0.15) is 125 Å². The van der Waals surface area contributed by atoms with Crippen LogP contribution in [-0.4, -0.2) is 41.1 Å². The average molecular weight is 647 g/mol. The van der Waals surface area contributed by atoms with Gasteiger partial charge in [-0.1, -0.05) is 67.5 Å². The van der Waals surface area contributed by atoms with Crippen molar-refractivity contribution in [2.45, 2.75) is 131 Å². The van der Waals surface area contributed by atoms with E-state index >= 15 is 0 Å². The normalized spacial score (nSPS) is 13.5. The highest BCUT2D eigenvalue weighted by atomic mass is 32.2. The molecule has 2 atom stereocenters. The lowest BCUT2D eigenvalue weighted by Crippen LogP contribution is -2.41. The molecule has 0 radical (unpaired) electrons. The van der Waals surface area contributed by atoms with E-state index in [1.807, 2.05) is 53.7 Å². The molecule has 0 aliphatic rings. The SMILES string of the molecule is Cc1cc(C(C)C)c(O)c(C)c1COC(=O)CC(C(C)C)S(=O)(=O)C(CC(=O)OCc1c(C)cc(C(C)C)c(O)c1C)C(C)C. The summed E-state index contributed by atoms with van der Waals surface area (Å²) in [6, 6.07) is 3.77. The molecule has 2 rings (SSSR count). The van der Waals surface area contributed by atoms with E-state index in [-0.39, 0.29) is 49.4 Å². The zero-order valence-corrected chi connectivity index (χ0v) is 30.0. The summed E-state index contributed by atoms with van der Waals surface area (Å²) in [6.07, 6.45) is -0.710. The molecule has 252 valence electrons. The van der Waals surface area contributed by atoms with Crippen LogP contribution in [0.4, 0.5) is 0 Å². The van der Waals surface area contributed by atoms with E-state index in [0.29, 0.717) is 22.3 Å². The number of benzene rings is 2. The minimum absolute atomic E-state index is 0.0836. The monoisotopic (exact) mass is 646 g/mol. The number of phenolic OH excluding ortho intramolecular Hbond substituents is 2. The molecule has 0 spiro atoms. The molecule has 8 nitrogen and oxygen atoms in total. The molecule has 0 saturated carbocycles. The maximum absolute atomic E-state index is 14.0. The molecule has 2 unspecified atom stereocenters. The number of hydrogen-bond acceptors (Lipinski definition) is 8. The van der Waals surface area contributed by atoms with Gasteiger partial charge < -0.3 is 19.7 Å². The van der Waals surface area contributed by atoms with Gasteiger partial charge >= 0.3 is 11.9 Å². The Morgan fingerprint density at radius 1 is 0.644 bits per heavy atom. The first kappa shape index (κ1) is 38.1. The van der Waals surface area contributed by atoms with Crippen LogP contribution < -0.4 is 0 Å². The third kappa shape index (κ3) is 9.02. The summed E-state index contributed by atoms with van der Waals surface area (Å²) in [4.78, 5) is 26.1. The number of aryl methyl sites for hydroxylation is 2. The number of ether oxygens (including phenoxy) is 2. The zero-order chi connectivity index (χ0) is 34.5. The van der Waals surface area contributed by atoms with Crippen LogP contribution in [0, 0.1) is 39.5 Å². The molecule has 2 aromatic carbocycles. The lowest BCUT2D eigenvalue weighted by molar-refractivity contribution is -0.145. The molecule has 0 aromatic heterocycles. The number of sulfone groups is 1. The van der Waals surface area contributed by atoms with Crippen molar-refractivity contribution in [3.8, 4) is 11.5 Å². The summed E-state index contributed by atoms with van der Waals surface area (Å²) in [5, 5.41) is 19.2. The van der Waals surface area contributed by atoms with Gasteiger partial charge in [-0.25, -0.2) is 8.42 Å². The number of carbonyl (C=O) groups excluding carboxylic acids is 2. The fraction of sp³-hybridized carbons (Fsp3) is 0.611. The number of phenols is 2. The Morgan fingerprint density at radius 3 is 1.22 bits per heavy atom. The summed E-state index contributed by atoms with van der Waals surface area (Å²) in [6.45, 7) is 22.1. The molecule has 45 heavy (non-hydrogen) atoms. The summed E-state index contributed by atoms with van der Waals surface area (Å²) in [7, 11) is -3.98. The van der Waals surface area contributed by atoms with Crippen molar-refractivity contribution in [1.29, 1.82) is 0 Å². The quantitative estimate of drug-likeness (QED) is 0.201. The van der Waals surface area contributed by atoms with Crippen LogP contribution >= 0.6 is 0 Å². The first-order valence-corrected chi connectivity index (χ1v) is 17.5. The van der Waals surface area contributed by atoms with Crippen LogP contribution in [0.5, 0.6) is 11.5 Å². The second-order valence-electron chi connectivity index (χ2n) is 13.7. The third-order valence-corrected chi connectivity index (χ3v) is 12.0. The Labute approximate surface area is 270 Å². The lowest BCUT2D eigenvalue weighted by Gasteiger charge is -2.28. The van der Waals surface area contributed by atoms with Crippen molar-refractivity contribution in [2.24, 2.45) is 11.8 Å². The molecule has 0 amide bonds. The van der Waals surface area contributed by atoms with Crippen molar-refractivity contribution in [2.75, 3.05) is 0 Å².